The van der Waals surface area contributed by atoms with Gasteiger partial charge in [-0.25, -0.2) is 4.39 Å². The maximum Gasteiger partial charge on any atom is 0.224 e. The Morgan fingerprint density at radius 2 is 2.29 bits per heavy atom. The molecule has 2 heterocycles. The lowest BCUT2D eigenvalue weighted by molar-refractivity contribution is -0.120. The summed E-state index contributed by atoms with van der Waals surface area (Å²) in [5, 5.41) is 6.52. The molecule has 4 nitrogen and oxygen atoms in total. The first-order chi connectivity index (χ1) is 11.5. The van der Waals surface area contributed by atoms with E-state index in [4.69, 9.17) is 11.6 Å². The number of carbonyl (C=O) groups is 1. The lowest BCUT2D eigenvalue weighted by Gasteiger charge is -2.21. The Morgan fingerprint density at radius 1 is 1.46 bits per heavy atom. The molecule has 1 aliphatic rings. The van der Waals surface area contributed by atoms with Gasteiger partial charge in [-0.2, -0.15) is 0 Å². The van der Waals surface area contributed by atoms with Crippen molar-refractivity contribution in [3.63, 3.8) is 0 Å². The number of fused-ring (bicyclic) bond motifs is 1. The van der Waals surface area contributed by atoms with Crippen LogP contribution in [0.2, 0.25) is 5.02 Å². The quantitative estimate of drug-likeness (QED) is 0.894. The van der Waals surface area contributed by atoms with Gasteiger partial charge in [-0.15, -0.1) is 0 Å². The van der Waals surface area contributed by atoms with E-state index in [1.165, 1.54) is 23.3 Å². The van der Waals surface area contributed by atoms with E-state index in [9.17, 15) is 9.18 Å². The van der Waals surface area contributed by atoms with Gasteiger partial charge in [-0.3, -0.25) is 9.78 Å². The molecule has 24 heavy (non-hydrogen) atoms. The van der Waals surface area contributed by atoms with Gasteiger partial charge in [0.2, 0.25) is 5.91 Å². The summed E-state index contributed by atoms with van der Waals surface area (Å²) >= 11 is 5.97. The molecule has 0 saturated heterocycles. The zero-order valence-electron chi connectivity index (χ0n) is 13.5. The van der Waals surface area contributed by atoms with Crippen LogP contribution in [0.4, 0.5) is 4.39 Å². The monoisotopic (exact) mass is 347 g/mol. The van der Waals surface area contributed by atoms with Crippen molar-refractivity contribution in [2.24, 2.45) is 0 Å². The molecule has 126 valence electrons. The van der Waals surface area contributed by atoms with Crippen molar-refractivity contribution < 1.29 is 9.18 Å². The summed E-state index contributed by atoms with van der Waals surface area (Å²) in [6, 6.07) is 4.07. The zero-order valence-corrected chi connectivity index (χ0v) is 14.2. The van der Waals surface area contributed by atoms with Gasteiger partial charge in [0.1, 0.15) is 5.82 Å². The molecule has 0 radical (unpaired) electrons. The highest BCUT2D eigenvalue weighted by atomic mass is 35.5. The number of nitrogens with one attached hydrogen (secondary N) is 2. The molecule has 0 unspecified atom stereocenters. The molecule has 3 rings (SSSR count). The van der Waals surface area contributed by atoms with Crippen LogP contribution in [0.15, 0.2) is 24.4 Å². The Bertz CT molecular complexity index is 779. The Hall–Kier alpha value is -1.98. The van der Waals surface area contributed by atoms with Crippen molar-refractivity contribution in [2.45, 2.75) is 32.9 Å². The largest absolute Gasteiger partial charge is 0.352 e. The van der Waals surface area contributed by atoms with Crippen LogP contribution in [-0.2, 0) is 30.7 Å². The summed E-state index contributed by atoms with van der Waals surface area (Å²) in [6.07, 6.45) is 2.97. The second-order valence-corrected chi connectivity index (χ2v) is 6.35. The minimum atomic E-state index is -0.407. The van der Waals surface area contributed by atoms with Gasteiger partial charge in [0.15, 0.2) is 0 Å². The van der Waals surface area contributed by atoms with E-state index < -0.39 is 5.82 Å². The van der Waals surface area contributed by atoms with Crippen LogP contribution < -0.4 is 10.6 Å². The van der Waals surface area contributed by atoms with Crippen LogP contribution in [0.5, 0.6) is 0 Å². The van der Waals surface area contributed by atoms with Gasteiger partial charge in [0, 0.05) is 30.0 Å². The summed E-state index contributed by atoms with van der Waals surface area (Å²) < 4.78 is 13.1. The molecule has 0 bridgehead atoms. The Labute approximate surface area is 145 Å². The SMILES string of the molecule is Cc1ncc2c(c1CNC(=O)Cc1ccc(F)cc1Cl)CCNC2. The highest BCUT2D eigenvalue weighted by Crippen LogP contribution is 2.21. The molecule has 1 amide bonds. The fraction of sp³-hybridized carbons (Fsp3) is 0.333. The summed E-state index contributed by atoms with van der Waals surface area (Å²) in [4.78, 5) is 16.6. The Kier molecular flexibility index (Phi) is 5.11. The third kappa shape index (κ3) is 3.74. The molecule has 1 aromatic carbocycles. The lowest BCUT2D eigenvalue weighted by atomic mass is 9.96. The topological polar surface area (TPSA) is 54.0 Å². The minimum absolute atomic E-state index is 0.127. The first-order valence-corrected chi connectivity index (χ1v) is 8.30. The average Bonchev–Trinajstić information content (AvgIpc) is 2.56. The predicted octanol–water partition coefficient (Wildman–Crippen LogP) is 2.69. The molecular formula is C18H19ClFN3O. The number of hydrogen-bond acceptors (Lipinski definition) is 3. The van der Waals surface area contributed by atoms with Crippen molar-refractivity contribution >= 4 is 17.5 Å². The van der Waals surface area contributed by atoms with Gasteiger partial charge in [0.05, 0.1) is 6.42 Å². The second-order valence-electron chi connectivity index (χ2n) is 5.94. The van der Waals surface area contributed by atoms with Crippen LogP contribution in [0.25, 0.3) is 0 Å². The van der Waals surface area contributed by atoms with E-state index in [2.05, 4.69) is 15.6 Å². The van der Waals surface area contributed by atoms with E-state index >= 15 is 0 Å². The number of amides is 1. The third-order valence-corrected chi connectivity index (χ3v) is 4.65. The molecule has 1 aromatic heterocycles. The van der Waals surface area contributed by atoms with E-state index in [-0.39, 0.29) is 17.4 Å². The van der Waals surface area contributed by atoms with Crippen molar-refractivity contribution in [3.05, 3.63) is 63.2 Å². The summed E-state index contributed by atoms with van der Waals surface area (Å²) in [5.74, 6) is -0.551. The van der Waals surface area contributed by atoms with Gasteiger partial charge >= 0.3 is 0 Å². The molecule has 6 heteroatoms. The first kappa shape index (κ1) is 16.9. The Balaban J connectivity index is 1.68. The standard InChI is InChI=1S/C18H19ClFN3O/c1-11-16(15-4-5-21-8-13(15)9-22-11)10-23-18(24)6-12-2-3-14(20)7-17(12)19/h2-3,7,9,21H,4-6,8,10H2,1H3,(H,23,24). The third-order valence-electron chi connectivity index (χ3n) is 4.30. The molecule has 2 N–H and O–H groups in total. The number of carbonyl (C=O) groups excluding carboxylic acids is 1. The van der Waals surface area contributed by atoms with Crippen molar-refractivity contribution in [1.29, 1.82) is 0 Å². The first-order valence-electron chi connectivity index (χ1n) is 7.92. The number of halogens is 2. The molecular weight excluding hydrogens is 329 g/mol. The molecule has 1 aliphatic heterocycles. The van der Waals surface area contributed by atoms with Gasteiger partial charge in [-0.05, 0) is 54.3 Å². The van der Waals surface area contributed by atoms with Crippen LogP contribution in [0, 0.1) is 12.7 Å². The normalized spacial score (nSPS) is 13.5. The number of aryl methyl sites for hydroxylation is 1. The van der Waals surface area contributed by atoms with Crippen LogP contribution in [0.1, 0.15) is 27.9 Å². The number of benzene rings is 1. The highest BCUT2D eigenvalue weighted by Gasteiger charge is 2.16. The lowest BCUT2D eigenvalue weighted by Crippen LogP contribution is -2.29. The second kappa shape index (κ2) is 7.28. The maximum absolute atomic E-state index is 13.1. The number of rotatable bonds is 4. The molecule has 0 saturated carbocycles. The smallest absolute Gasteiger partial charge is 0.224 e. The summed E-state index contributed by atoms with van der Waals surface area (Å²) in [5.41, 5.74) is 5.12. The molecule has 0 atom stereocenters. The Morgan fingerprint density at radius 3 is 3.08 bits per heavy atom. The average molecular weight is 348 g/mol. The number of pyridine rings is 1. The van der Waals surface area contributed by atoms with Crippen LogP contribution >= 0.6 is 11.6 Å². The van der Waals surface area contributed by atoms with Crippen LogP contribution in [0.3, 0.4) is 0 Å². The van der Waals surface area contributed by atoms with Gasteiger partial charge in [0.25, 0.3) is 0 Å². The molecule has 0 spiro atoms. The minimum Gasteiger partial charge on any atom is -0.352 e. The van der Waals surface area contributed by atoms with E-state index in [0.29, 0.717) is 12.1 Å². The fourth-order valence-electron chi connectivity index (χ4n) is 2.97. The maximum atomic E-state index is 13.1. The predicted molar refractivity (Wildman–Crippen MR) is 91.3 cm³/mol. The number of hydrogen-bond donors (Lipinski definition) is 2. The fourth-order valence-corrected chi connectivity index (χ4v) is 3.20. The molecule has 0 fully saturated rings. The summed E-state index contributed by atoms with van der Waals surface area (Å²) in [6.45, 7) is 4.15. The van der Waals surface area contributed by atoms with Crippen molar-refractivity contribution in [1.82, 2.24) is 15.6 Å². The van der Waals surface area contributed by atoms with Crippen LogP contribution in [-0.4, -0.2) is 17.4 Å². The van der Waals surface area contributed by atoms with Crippen molar-refractivity contribution in [2.75, 3.05) is 6.54 Å². The summed E-state index contributed by atoms with van der Waals surface area (Å²) in [7, 11) is 0. The zero-order chi connectivity index (χ0) is 17.1. The van der Waals surface area contributed by atoms with E-state index in [1.807, 2.05) is 13.1 Å². The molecule has 0 aliphatic carbocycles. The number of aromatic nitrogens is 1. The van der Waals surface area contributed by atoms with E-state index in [0.717, 1.165) is 30.8 Å². The number of nitrogens with zero attached hydrogens (tertiary/aromatic N) is 1. The van der Waals surface area contributed by atoms with Gasteiger partial charge < -0.3 is 10.6 Å². The van der Waals surface area contributed by atoms with Crippen molar-refractivity contribution in [3.8, 4) is 0 Å². The van der Waals surface area contributed by atoms with Gasteiger partial charge in [-0.1, -0.05) is 17.7 Å². The molecule has 2 aromatic rings. The van der Waals surface area contributed by atoms with E-state index in [1.54, 1.807) is 6.07 Å². The highest BCUT2D eigenvalue weighted by molar-refractivity contribution is 6.31.